The molecule has 0 saturated heterocycles. The maximum atomic E-state index is 8.74. The second-order valence-electron chi connectivity index (χ2n) is 4.84. The fourth-order valence-electron chi connectivity index (χ4n) is 2.00. The van der Waals surface area contributed by atoms with Crippen molar-refractivity contribution >= 4 is 23.5 Å². The molecular formula is C17H18N6S. The molecule has 0 unspecified atom stereocenters. The van der Waals surface area contributed by atoms with Gasteiger partial charge >= 0.3 is 0 Å². The van der Waals surface area contributed by atoms with Crippen molar-refractivity contribution in [2.24, 2.45) is 5.10 Å². The number of hydrogen-bond donors (Lipinski definition) is 2. The Morgan fingerprint density at radius 3 is 2.92 bits per heavy atom. The molecule has 2 aromatic rings. The summed E-state index contributed by atoms with van der Waals surface area (Å²) in [7, 11) is 0. The molecule has 1 heterocycles. The van der Waals surface area contributed by atoms with Gasteiger partial charge in [-0.15, -0.1) is 6.58 Å². The highest BCUT2D eigenvalue weighted by molar-refractivity contribution is 7.80. The van der Waals surface area contributed by atoms with Crippen molar-refractivity contribution in [3.05, 3.63) is 54.7 Å². The zero-order valence-electron chi connectivity index (χ0n) is 13.1. The highest BCUT2D eigenvalue weighted by Crippen LogP contribution is 2.20. The van der Waals surface area contributed by atoms with Crippen LogP contribution in [0.15, 0.2) is 54.3 Å². The fourth-order valence-corrected chi connectivity index (χ4v) is 2.13. The molecule has 0 bridgehead atoms. The van der Waals surface area contributed by atoms with Crippen molar-refractivity contribution in [1.82, 2.24) is 20.5 Å². The number of benzene rings is 1. The lowest BCUT2D eigenvalue weighted by Crippen LogP contribution is -2.31. The van der Waals surface area contributed by atoms with E-state index in [1.54, 1.807) is 17.0 Å². The third kappa shape index (κ3) is 5.04. The van der Waals surface area contributed by atoms with Crippen LogP contribution in [0, 0.1) is 11.3 Å². The summed E-state index contributed by atoms with van der Waals surface area (Å²) in [6.45, 7) is 4.72. The minimum Gasteiger partial charge on any atom is -0.358 e. The molecule has 2 N–H and O–H groups in total. The summed E-state index contributed by atoms with van der Waals surface area (Å²) in [6, 6.07) is 12.0. The van der Waals surface area contributed by atoms with Crippen LogP contribution in [0.4, 0.5) is 0 Å². The lowest BCUT2D eigenvalue weighted by Gasteiger charge is -2.03. The van der Waals surface area contributed by atoms with Crippen LogP contribution < -0.4 is 10.7 Å². The first kappa shape index (κ1) is 17.4. The van der Waals surface area contributed by atoms with Gasteiger partial charge in [0.1, 0.15) is 5.69 Å². The van der Waals surface area contributed by atoms with Gasteiger partial charge in [0.25, 0.3) is 0 Å². The largest absolute Gasteiger partial charge is 0.358 e. The van der Waals surface area contributed by atoms with E-state index in [4.69, 9.17) is 17.5 Å². The minimum absolute atomic E-state index is 0.403. The predicted octanol–water partition coefficient (Wildman–Crippen LogP) is 2.45. The molecule has 6 nitrogen and oxygen atoms in total. The summed E-state index contributed by atoms with van der Waals surface area (Å²) in [4.78, 5) is 0. The van der Waals surface area contributed by atoms with Gasteiger partial charge in [0.2, 0.25) is 0 Å². The van der Waals surface area contributed by atoms with Crippen LogP contribution in [0.5, 0.6) is 0 Å². The Kier molecular flexibility index (Phi) is 6.68. The van der Waals surface area contributed by atoms with E-state index in [-0.39, 0.29) is 0 Å². The predicted molar refractivity (Wildman–Crippen MR) is 99.4 cm³/mol. The van der Waals surface area contributed by atoms with Gasteiger partial charge in [-0.05, 0) is 12.2 Å². The van der Waals surface area contributed by atoms with E-state index in [9.17, 15) is 0 Å². The van der Waals surface area contributed by atoms with Gasteiger partial charge in [0, 0.05) is 23.9 Å². The molecule has 0 aliphatic rings. The lowest BCUT2D eigenvalue weighted by atomic mass is 10.1. The standard InChI is InChI=1S/C17H18N6S/c1-2-10-19-17(24)21-20-12-15-13-23(11-6-9-18)22-16(15)14-7-4-3-5-8-14/h2-5,7-8,12-13H,1,6,10-11H2,(H2,19,21,24)/b20-12-. The summed E-state index contributed by atoms with van der Waals surface area (Å²) in [5.74, 6) is 0. The molecule has 24 heavy (non-hydrogen) atoms. The van der Waals surface area contributed by atoms with Crippen LogP contribution in [0.3, 0.4) is 0 Å². The first-order chi connectivity index (χ1) is 11.7. The summed E-state index contributed by atoms with van der Waals surface area (Å²) in [5, 5.41) is 20.8. The molecule has 0 aliphatic heterocycles. The van der Waals surface area contributed by atoms with Gasteiger partial charge in [-0.3, -0.25) is 10.1 Å². The minimum atomic E-state index is 0.403. The molecule has 0 atom stereocenters. The first-order valence-corrected chi connectivity index (χ1v) is 7.83. The van der Waals surface area contributed by atoms with E-state index in [2.05, 4.69) is 33.6 Å². The molecule has 0 spiro atoms. The number of aromatic nitrogens is 2. The number of hydrogen-bond acceptors (Lipinski definition) is 4. The van der Waals surface area contributed by atoms with Gasteiger partial charge in [0.05, 0.1) is 25.2 Å². The van der Waals surface area contributed by atoms with E-state index in [0.717, 1.165) is 16.8 Å². The molecule has 0 aliphatic carbocycles. The molecular weight excluding hydrogens is 320 g/mol. The Morgan fingerprint density at radius 2 is 2.21 bits per heavy atom. The Morgan fingerprint density at radius 1 is 1.42 bits per heavy atom. The van der Waals surface area contributed by atoms with Crippen molar-refractivity contribution < 1.29 is 0 Å². The molecule has 7 heteroatoms. The number of hydrazone groups is 1. The quantitative estimate of drug-likeness (QED) is 0.351. The summed E-state index contributed by atoms with van der Waals surface area (Å²) in [6.07, 6.45) is 5.65. The molecule has 1 aromatic carbocycles. The van der Waals surface area contributed by atoms with Crippen LogP contribution in [0.2, 0.25) is 0 Å². The van der Waals surface area contributed by atoms with Crippen molar-refractivity contribution in [2.45, 2.75) is 13.0 Å². The van der Waals surface area contributed by atoms with E-state index >= 15 is 0 Å². The summed E-state index contributed by atoms with van der Waals surface area (Å²) in [5.41, 5.74) is 5.39. The maximum Gasteiger partial charge on any atom is 0.187 e. The number of nitrogens with zero attached hydrogens (tertiary/aromatic N) is 4. The van der Waals surface area contributed by atoms with Crippen molar-refractivity contribution in [2.75, 3.05) is 6.54 Å². The second-order valence-corrected chi connectivity index (χ2v) is 5.25. The average molecular weight is 338 g/mol. The number of aryl methyl sites for hydroxylation is 1. The molecule has 0 amide bonds. The Balaban J connectivity index is 2.17. The SMILES string of the molecule is C=CCNC(=S)N/N=C\c1cn(CCC#N)nc1-c1ccccc1. The van der Waals surface area contributed by atoms with Crippen molar-refractivity contribution in [3.8, 4) is 17.3 Å². The topological polar surface area (TPSA) is 78.0 Å². The normalized spacial score (nSPS) is 10.3. The Hall–Kier alpha value is -2.98. The maximum absolute atomic E-state index is 8.74. The van der Waals surface area contributed by atoms with Gasteiger partial charge in [-0.2, -0.15) is 15.5 Å². The first-order valence-electron chi connectivity index (χ1n) is 7.42. The summed E-state index contributed by atoms with van der Waals surface area (Å²) >= 11 is 5.08. The third-order valence-electron chi connectivity index (χ3n) is 3.07. The van der Waals surface area contributed by atoms with Crippen LogP contribution in [-0.4, -0.2) is 27.7 Å². The number of rotatable bonds is 7. The zero-order chi connectivity index (χ0) is 17.2. The van der Waals surface area contributed by atoms with Gasteiger partial charge in [-0.25, -0.2) is 0 Å². The van der Waals surface area contributed by atoms with Gasteiger partial charge < -0.3 is 5.32 Å². The lowest BCUT2D eigenvalue weighted by molar-refractivity contribution is 0.629. The van der Waals surface area contributed by atoms with Crippen molar-refractivity contribution in [1.29, 1.82) is 5.26 Å². The van der Waals surface area contributed by atoms with E-state index < -0.39 is 0 Å². The highest BCUT2D eigenvalue weighted by atomic mass is 32.1. The van der Waals surface area contributed by atoms with Gasteiger partial charge in [0.15, 0.2) is 5.11 Å². The van der Waals surface area contributed by atoms with Gasteiger partial charge in [-0.1, -0.05) is 36.4 Å². The molecule has 2 rings (SSSR count). The zero-order valence-corrected chi connectivity index (χ0v) is 14.0. The van der Waals surface area contributed by atoms with E-state index in [1.807, 2.05) is 36.5 Å². The van der Waals surface area contributed by atoms with Crippen LogP contribution in [-0.2, 0) is 6.54 Å². The second kappa shape index (κ2) is 9.22. The number of nitriles is 1. The highest BCUT2D eigenvalue weighted by Gasteiger charge is 2.09. The summed E-state index contributed by atoms with van der Waals surface area (Å²) < 4.78 is 1.75. The smallest absolute Gasteiger partial charge is 0.187 e. The molecule has 1 aromatic heterocycles. The number of thiocarbonyl (C=S) groups is 1. The number of nitrogens with one attached hydrogen (secondary N) is 2. The molecule has 122 valence electrons. The van der Waals surface area contributed by atoms with Crippen LogP contribution in [0.25, 0.3) is 11.3 Å². The monoisotopic (exact) mass is 338 g/mol. The average Bonchev–Trinajstić information content (AvgIpc) is 3.02. The fraction of sp³-hybridized carbons (Fsp3) is 0.176. The van der Waals surface area contributed by atoms with Crippen LogP contribution >= 0.6 is 12.2 Å². The Labute approximate surface area is 146 Å². The van der Waals surface area contributed by atoms with Crippen LogP contribution in [0.1, 0.15) is 12.0 Å². The van der Waals surface area contributed by atoms with E-state index in [1.165, 1.54) is 0 Å². The van der Waals surface area contributed by atoms with Crippen molar-refractivity contribution in [3.63, 3.8) is 0 Å². The molecule has 0 saturated carbocycles. The molecule has 0 radical (unpaired) electrons. The Bertz CT molecular complexity index is 757. The third-order valence-corrected chi connectivity index (χ3v) is 3.30. The van der Waals surface area contributed by atoms with E-state index in [0.29, 0.717) is 24.6 Å². The molecule has 0 fully saturated rings.